The quantitative estimate of drug-likeness (QED) is 0.825. The molecule has 1 heterocycles. The van der Waals surface area contributed by atoms with Crippen molar-refractivity contribution in [3.8, 4) is 0 Å². The standard InChI is InChI=1S/C13H17N3/c1-9(13(2)6-7-13)15-11-5-3-4-10-8-14-16-12(10)11/h3-5,8-9,15H,6-7H2,1-2H3,(H,14,16). The third-order valence-electron chi connectivity index (χ3n) is 3.93. The molecular formula is C13H17N3. The smallest absolute Gasteiger partial charge is 0.0881 e. The summed E-state index contributed by atoms with van der Waals surface area (Å²) < 4.78 is 0. The SMILES string of the molecule is CC(Nc1cccc2cn[nH]c12)C1(C)CC1. The first-order valence-corrected chi connectivity index (χ1v) is 5.88. The van der Waals surface area contributed by atoms with Crippen molar-refractivity contribution in [1.82, 2.24) is 10.2 Å². The van der Waals surface area contributed by atoms with Crippen LogP contribution in [-0.2, 0) is 0 Å². The second kappa shape index (κ2) is 3.24. The fourth-order valence-electron chi connectivity index (χ4n) is 2.13. The Balaban J connectivity index is 1.91. The van der Waals surface area contributed by atoms with Gasteiger partial charge in [0.1, 0.15) is 0 Å². The van der Waals surface area contributed by atoms with Crippen LogP contribution in [0.5, 0.6) is 0 Å². The molecular weight excluding hydrogens is 198 g/mol. The fourth-order valence-corrected chi connectivity index (χ4v) is 2.13. The number of benzene rings is 1. The summed E-state index contributed by atoms with van der Waals surface area (Å²) in [6.45, 7) is 4.61. The molecule has 1 aliphatic carbocycles. The lowest BCUT2D eigenvalue weighted by Crippen LogP contribution is -2.24. The first-order chi connectivity index (χ1) is 7.69. The van der Waals surface area contributed by atoms with E-state index in [-0.39, 0.29) is 0 Å². The van der Waals surface area contributed by atoms with Gasteiger partial charge in [0.25, 0.3) is 0 Å². The zero-order valence-corrected chi connectivity index (χ0v) is 9.75. The minimum atomic E-state index is 0.488. The molecule has 1 aromatic heterocycles. The maximum Gasteiger partial charge on any atom is 0.0881 e. The van der Waals surface area contributed by atoms with Crippen molar-refractivity contribution in [3.63, 3.8) is 0 Å². The number of anilines is 1. The van der Waals surface area contributed by atoms with E-state index in [9.17, 15) is 0 Å². The number of fused-ring (bicyclic) bond motifs is 1. The van der Waals surface area contributed by atoms with Gasteiger partial charge in [0.2, 0.25) is 0 Å². The fraction of sp³-hybridized carbons (Fsp3) is 0.462. The summed E-state index contributed by atoms with van der Waals surface area (Å²) in [5, 5.41) is 11.9. The highest BCUT2D eigenvalue weighted by atomic mass is 15.1. The first kappa shape index (κ1) is 9.70. The largest absolute Gasteiger partial charge is 0.380 e. The van der Waals surface area contributed by atoms with E-state index in [2.05, 4.69) is 47.6 Å². The van der Waals surface area contributed by atoms with Crippen LogP contribution >= 0.6 is 0 Å². The van der Waals surface area contributed by atoms with E-state index in [1.807, 2.05) is 6.20 Å². The predicted octanol–water partition coefficient (Wildman–Crippen LogP) is 3.16. The van der Waals surface area contributed by atoms with Crippen molar-refractivity contribution in [2.24, 2.45) is 5.41 Å². The van der Waals surface area contributed by atoms with Gasteiger partial charge in [0, 0.05) is 11.4 Å². The summed E-state index contributed by atoms with van der Waals surface area (Å²) >= 11 is 0. The molecule has 1 aliphatic rings. The summed E-state index contributed by atoms with van der Waals surface area (Å²) in [7, 11) is 0. The van der Waals surface area contributed by atoms with Crippen LogP contribution in [0.3, 0.4) is 0 Å². The molecule has 1 unspecified atom stereocenters. The van der Waals surface area contributed by atoms with Crippen LogP contribution in [-0.4, -0.2) is 16.2 Å². The normalized spacial score (nSPS) is 19.6. The van der Waals surface area contributed by atoms with Gasteiger partial charge in [-0.1, -0.05) is 19.1 Å². The summed E-state index contributed by atoms with van der Waals surface area (Å²) in [6.07, 6.45) is 4.53. The van der Waals surface area contributed by atoms with Gasteiger partial charge in [-0.05, 0) is 31.2 Å². The van der Waals surface area contributed by atoms with Gasteiger partial charge < -0.3 is 5.32 Å². The molecule has 3 nitrogen and oxygen atoms in total. The van der Waals surface area contributed by atoms with Crippen LogP contribution in [0.25, 0.3) is 10.9 Å². The Kier molecular flexibility index (Phi) is 1.96. The molecule has 3 rings (SSSR count). The Morgan fingerprint density at radius 3 is 3.00 bits per heavy atom. The van der Waals surface area contributed by atoms with E-state index >= 15 is 0 Å². The summed E-state index contributed by atoms with van der Waals surface area (Å²) in [5.74, 6) is 0. The maximum absolute atomic E-state index is 4.08. The average molecular weight is 215 g/mol. The molecule has 1 aromatic carbocycles. The summed E-state index contributed by atoms with van der Waals surface area (Å²) in [5.41, 5.74) is 2.76. The Hall–Kier alpha value is -1.51. The van der Waals surface area contributed by atoms with Crippen LogP contribution < -0.4 is 5.32 Å². The van der Waals surface area contributed by atoms with Gasteiger partial charge in [0.05, 0.1) is 17.4 Å². The van der Waals surface area contributed by atoms with Crippen LogP contribution in [0.2, 0.25) is 0 Å². The molecule has 1 saturated carbocycles. The van der Waals surface area contributed by atoms with E-state index in [0.29, 0.717) is 11.5 Å². The molecule has 0 bridgehead atoms. The highest BCUT2D eigenvalue weighted by Gasteiger charge is 2.42. The number of para-hydroxylation sites is 1. The topological polar surface area (TPSA) is 40.7 Å². The van der Waals surface area contributed by atoms with E-state index in [4.69, 9.17) is 0 Å². The number of hydrogen-bond acceptors (Lipinski definition) is 2. The Morgan fingerprint density at radius 1 is 1.44 bits per heavy atom. The van der Waals surface area contributed by atoms with Crippen molar-refractivity contribution in [1.29, 1.82) is 0 Å². The number of nitrogens with one attached hydrogen (secondary N) is 2. The van der Waals surface area contributed by atoms with Crippen molar-refractivity contribution >= 4 is 16.6 Å². The molecule has 0 spiro atoms. The average Bonchev–Trinajstić information content (AvgIpc) is 2.85. The molecule has 16 heavy (non-hydrogen) atoms. The predicted molar refractivity (Wildman–Crippen MR) is 66.5 cm³/mol. The van der Waals surface area contributed by atoms with Crippen molar-refractivity contribution in [2.75, 3.05) is 5.32 Å². The lowest BCUT2D eigenvalue weighted by atomic mass is 10.0. The molecule has 0 radical (unpaired) electrons. The van der Waals surface area contributed by atoms with Crippen molar-refractivity contribution in [3.05, 3.63) is 24.4 Å². The second-order valence-corrected chi connectivity index (χ2v) is 5.16. The van der Waals surface area contributed by atoms with Crippen molar-refractivity contribution < 1.29 is 0 Å². The van der Waals surface area contributed by atoms with Crippen LogP contribution in [0.1, 0.15) is 26.7 Å². The Morgan fingerprint density at radius 2 is 2.25 bits per heavy atom. The number of nitrogens with zero attached hydrogens (tertiary/aromatic N) is 1. The van der Waals surface area contributed by atoms with Gasteiger partial charge in [-0.25, -0.2) is 0 Å². The number of aromatic nitrogens is 2. The van der Waals surface area contributed by atoms with Gasteiger partial charge >= 0.3 is 0 Å². The van der Waals surface area contributed by atoms with E-state index in [1.54, 1.807) is 0 Å². The third-order valence-corrected chi connectivity index (χ3v) is 3.93. The Labute approximate surface area is 95.2 Å². The highest BCUT2D eigenvalue weighted by molar-refractivity contribution is 5.90. The molecule has 1 fully saturated rings. The summed E-state index contributed by atoms with van der Waals surface area (Å²) in [6, 6.07) is 6.78. The monoisotopic (exact) mass is 215 g/mol. The second-order valence-electron chi connectivity index (χ2n) is 5.16. The van der Waals surface area contributed by atoms with E-state index in [0.717, 1.165) is 16.6 Å². The van der Waals surface area contributed by atoms with E-state index < -0.39 is 0 Å². The van der Waals surface area contributed by atoms with Crippen LogP contribution in [0.15, 0.2) is 24.4 Å². The maximum atomic E-state index is 4.08. The lowest BCUT2D eigenvalue weighted by molar-refractivity contribution is 0.493. The highest BCUT2D eigenvalue weighted by Crippen LogP contribution is 2.49. The molecule has 2 aromatic rings. The third kappa shape index (κ3) is 1.47. The number of aromatic amines is 1. The van der Waals surface area contributed by atoms with Gasteiger partial charge in [-0.15, -0.1) is 0 Å². The summed E-state index contributed by atoms with van der Waals surface area (Å²) in [4.78, 5) is 0. The Bertz CT molecular complexity index is 511. The molecule has 0 saturated heterocycles. The molecule has 3 heteroatoms. The molecule has 1 atom stereocenters. The van der Waals surface area contributed by atoms with Gasteiger partial charge in [-0.3, -0.25) is 5.10 Å². The number of rotatable bonds is 3. The van der Waals surface area contributed by atoms with Gasteiger partial charge in [-0.2, -0.15) is 5.10 Å². The zero-order chi connectivity index (χ0) is 11.2. The minimum absolute atomic E-state index is 0.488. The minimum Gasteiger partial charge on any atom is -0.380 e. The molecule has 0 amide bonds. The number of hydrogen-bond donors (Lipinski definition) is 2. The van der Waals surface area contributed by atoms with E-state index in [1.165, 1.54) is 12.8 Å². The first-order valence-electron chi connectivity index (χ1n) is 5.88. The number of H-pyrrole nitrogens is 1. The van der Waals surface area contributed by atoms with Gasteiger partial charge in [0.15, 0.2) is 0 Å². The lowest BCUT2D eigenvalue weighted by Gasteiger charge is -2.21. The molecule has 0 aliphatic heterocycles. The van der Waals surface area contributed by atoms with Crippen LogP contribution in [0, 0.1) is 5.41 Å². The molecule has 84 valence electrons. The molecule has 2 N–H and O–H groups in total. The van der Waals surface area contributed by atoms with Crippen molar-refractivity contribution in [2.45, 2.75) is 32.7 Å². The van der Waals surface area contributed by atoms with Crippen LogP contribution in [0.4, 0.5) is 5.69 Å². The zero-order valence-electron chi connectivity index (χ0n) is 9.75.